The molecule has 158 valence electrons. The van der Waals surface area contributed by atoms with Crippen LogP contribution in [0.3, 0.4) is 0 Å². The number of hydrogen-bond donors (Lipinski definition) is 1. The number of fused-ring (bicyclic) bond motifs is 1. The summed E-state index contributed by atoms with van der Waals surface area (Å²) < 4.78 is 28.2. The van der Waals surface area contributed by atoms with Crippen molar-refractivity contribution in [1.29, 1.82) is 0 Å². The molecule has 1 aliphatic rings. The van der Waals surface area contributed by atoms with E-state index in [0.29, 0.717) is 10.7 Å². The number of amides is 1. The minimum atomic E-state index is -3.56. The zero-order chi connectivity index (χ0) is 21.3. The van der Waals surface area contributed by atoms with E-state index in [1.54, 1.807) is 30.9 Å². The van der Waals surface area contributed by atoms with Crippen LogP contribution in [0, 0.1) is 0 Å². The molecule has 0 spiro atoms. The normalized spacial score (nSPS) is 15.2. The maximum atomic E-state index is 12.9. The Morgan fingerprint density at radius 1 is 1.17 bits per heavy atom. The van der Waals surface area contributed by atoms with Gasteiger partial charge in [-0.3, -0.25) is 10.1 Å². The maximum absolute atomic E-state index is 12.9. The highest BCUT2D eigenvalue weighted by Crippen LogP contribution is 2.30. The van der Waals surface area contributed by atoms with Crippen LogP contribution < -0.4 is 5.32 Å². The van der Waals surface area contributed by atoms with Crippen LogP contribution in [0.25, 0.3) is 10.2 Å². The van der Waals surface area contributed by atoms with Crippen LogP contribution in [-0.2, 0) is 10.0 Å². The largest absolute Gasteiger partial charge is 0.298 e. The van der Waals surface area contributed by atoms with Gasteiger partial charge in [-0.05, 0) is 61.6 Å². The Balaban J connectivity index is 1.49. The molecule has 1 fully saturated rings. The van der Waals surface area contributed by atoms with E-state index in [9.17, 15) is 13.2 Å². The standard InChI is InChI=1S/C21H23N3O3S3/c1-24(15-5-3-4-6-15)30(26,27)17-10-7-14(8-11-17)20(25)23-21-22-18-12-9-16(28-2)13-19(18)29-21/h7-13,15H,3-6H2,1-2H3,(H,22,23,25). The van der Waals surface area contributed by atoms with E-state index >= 15 is 0 Å². The molecule has 1 aliphatic carbocycles. The van der Waals surface area contributed by atoms with Crippen molar-refractivity contribution in [3.63, 3.8) is 0 Å². The molecule has 0 atom stereocenters. The van der Waals surface area contributed by atoms with E-state index in [4.69, 9.17) is 0 Å². The molecule has 1 saturated carbocycles. The number of carbonyl (C=O) groups is 1. The van der Waals surface area contributed by atoms with Crippen LogP contribution in [0.1, 0.15) is 36.0 Å². The molecular weight excluding hydrogens is 438 g/mol. The molecule has 0 saturated heterocycles. The van der Waals surface area contributed by atoms with Gasteiger partial charge in [0, 0.05) is 23.5 Å². The zero-order valence-electron chi connectivity index (χ0n) is 16.8. The van der Waals surface area contributed by atoms with E-state index in [0.717, 1.165) is 40.8 Å². The fourth-order valence-corrected chi connectivity index (χ4v) is 6.49. The Labute approximate surface area is 184 Å². The molecule has 0 unspecified atom stereocenters. The molecular formula is C21H23N3O3S3. The average Bonchev–Trinajstić information content (AvgIpc) is 3.42. The molecule has 1 amide bonds. The van der Waals surface area contributed by atoms with Crippen molar-refractivity contribution in [2.45, 2.75) is 41.5 Å². The number of nitrogens with zero attached hydrogens (tertiary/aromatic N) is 2. The van der Waals surface area contributed by atoms with Gasteiger partial charge in [0.05, 0.1) is 15.1 Å². The summed E-state index contributed by atoms with van der Waals surface area (Å²) in [4.78, 5) is 18.4. The Morgan fingerprint density at radius 3 is 2.53 bits per heavy atom. The number of sulfonamides is 1. The van der Waals surface area contributed by atoms with Crippen molar-refractivity contribution in [2.75, 3.05) is 18.6 Å². The number of nitrogens with one attached hydrogen (secondary N) is 1. The smallest absolute Gasteiger partial charge is 0.257 e. The monoisotopic (exact) mass is 461 g/mol. The summed E-state index contributed by atoms with van der Waals surface area (Å²) in [6.45, 7) is 0. The van der Waals surface area contributed by atoms with E-state index in [1.165, 1.54) is 27.8 Å². The highest BCUT2D eigenvalue weighted by Gasteiger charge is 2.30. The van der Waals surface area contributed by atoms with Gasteiger partial charge in [-0.15, -0.1) is 11.8 Å². The number of hydrogen-bond acceptors (Lipinski definition) is 6. The third-order valence-electron chi connectivity index (χ3n) is 5.45. The van der Waals surface area contributed by atoms with E-state index in [-0.39, 0.29) is 16.8 Å². The van der Waals surface area contributed by atoms with Crippen LogP contribution >= 0.6 is 23.1 Å². The van der Waals surface area contributed by atoms with Gasteiger partial charge < -0.3 is 0 Å². The minimum absolute atomic E-state index is 0.0589. The summed E-state index contributed by atoms with van der Waals surface area (Å²) in [5, 5.41) is 3.33. The molecule has 0 bridgehead atoms. The lowest BCUT2D eigenvalue weighted by molar-refractivity contribution is 0.102. The van der Waals surface area contributed by atoms with Crippen molar-refractivity contribution in [3.05, 3.63) is 48.0 Å². The minimum Gasteiger partial charge on any atom is -0.298 e. The Bertz CT molecular complexity index is 1170. The Kier molecular flexibility index (Phi) is 6.15. The number of thiazole rings is 1. The molecule has 4 rings (SSSR count). The second kappa shape index (κ2) is 8.66. The van der Waals surface area contributed by atoms with Crippen molar-refractivity contribution < 1.29 is 13.2 Å². The predicted octanol–water partition coefficient (Wildman–Crippen LogP) is 4.83. The lowest BCUT2D eigenvalue weighted by Crippen LogP contribution is -2.35. The lowest BCUT2D eigenvalue weighted by Gasteiger charge is -2.23. The molecule has 6 nitrogen and oxygen atoms in total. The maximum Gasteiger partial charge on any atom is 0.257 e. The SMILES string of the molecule is CSc1ccc2nc(NC(=O)c3ccc(S(=O)(=O)N(C)C4CCCC4)cc3)sc2c1. The van der Waals surface area contributed by atoms with Gasteiger partial charge in [0.25, 0.3) is 5.91 Å². The number of carbonyl (C=O) groups excluding carboxylic acids is 1. The van der Waals surface area contributed by atoms with Crippen molar-refractivity contribution in [3.8, 4) is 0 Å². The fraction of sp³-hybridized carbons (Fsp3) is 0.333. The quantitative estimate of drug-likeness (QED) is 0.532. The van der Waals surface area contributed by atoms with E-state index in [2.05, 4.69) is 10.3 Å². The van der Waals surface area contributed by atoms with Crippen LogP contribution in [-0.4, -0.2) is 43.0 Å². The van der Waals surface area contributed by atoms with Gasteiger partial charge >= 0.3 is 0 Å². The number of anilines is 1. The van der Waals surface area contributed by atoms with Crippen molar-refractivity contribution in [2.24, 2.45) is 0 Å². The van der Waals surface area contributed by atoms with Gasteiger partial charge in [-0.1, -0.05) is 24.2 Å². The number of thioether (sulfide) groups is 1. The van der Waals surface area contributed by atoms with Crippen LogP contribution in [0.4, 0.5) is 5.13 Å². The third kappa shape index (κ3) is 4.25. The van der Waals surface area contributed by atoms with Gasteiger partial charge in [0.1, 0.15) is 0 Å². The number of benzene rings is 2. The molecule has 2 aromatic carbocycles. The zero-order valence-corrected chi connectivity index (χ0v) is 19.2. The number of aromatic nitrogens is 1. The molecule has 0 radical (unpaired) electrons. The van der Waals surface area contributed by atoms with Crippen LogP contribution in [0.15, 0.2) is 52.3 Å². The summed E-state index contributed by atoms with van der Waals surface area (Å²) in [5.41, 5.74) is 1.23. The second-order valence-electron chi connectivity index (χ2n) is 7.29. The average molecular weight is 462 g/mol. The summed E-state index contributed by atoms with van der Waals surface area (Å²) in [5.74, 6) is -0.313. The van der Waals surface area contributed by atoms with E-state index < -0.39 is 10.0 Å². The predicted molar refractivity (Wildman–Crippen MR) is 123 cm³/mol. The summed E-state index contributed by atoms with van der Waals surface area (Å²) in [6, 6.07) is 12.1. The lowest BCUT2D eigenvalue weighted by atomic mass is 10.2. The van der Waals surface area contributed by atoms with Crippen molar-refractivity contribution in [1.82, 2.24) is 9.29 Å². The summed E-state index contributed by atoms with van der Waals surface area (Å²) in [6.07, 6.45) is 5.94. The molecule has 3 aromatic rings. The molecule has 1 aromatic heterocycles. The summed E-state index contributed by atoms with van der Waals surface area (Å²) in [7, 11) is -1.92. The van der Waals surface area contributed by atoms with Gasteiger partial charge in [0.15, 0.2) is 5.13 Å². The van der Waals surface area contributed by atoms with Crippen LogP contribution in [0.2, 0.25) is 0 Å². The highest BCUT2D eigenvalue weighted by atomic mass is 32.2. The first-order valence-electron chi connectivity index (χ1n) is 9.72. The fourth-order valence-electron chi connectivity index (χ4n) is 3.66. The third-order valence-corrected chi connectivity index (χ3v) is 9.03. The van der Waals surface area contributed by atoms with Crippen LogP contribution in [0.5, 0.6) is 0 Å². The molecule has 0 aliphatic heterocycles. The van der Waals surface area contributed by atoms with Gasteiger partial charge in [0.2, 0.25) is 10.0 Å². The topological polar surface area (TPSA) is 79.4 Å². The first-order chi connectivity index (χ1) is 14.4. The first kappa shape index (κ1) is 21.3. The Hall–Kier alpha value is -1.94. The molecule has 1 heterocycles. The van der Waals surface area contributed by atoms with Gasteiger partial charge in [-0.25, -0.2) is 13.4 Å². The molecule has 30 heavy (non-hydrogen) atoms. The van der Waals surface area contributed by atoms with E-state index in [1.807, 2.05) is 24.5 Å². The first-order valence-corrected chi connectivity index (χ1v) is 13.2. The summed E-state index contributed by atoms with van der Waals surface area (Å²) >= 11 is 3.07. The Morgan fingerprint density at radius 2 is 1.87 bits per heavy atom. The highest BCUT2D eigenvalue weighted by molar-refractivity contribution is 7.98. The number of rotatable bonds is 6. The second-order valence-corrected chi connectivity index (χ2v) is 11.2. The molecule has 1 N–H and O–H groups in total. The van der Waals surface area contributed by atoms with Crippen molar-refractivity contribution >= 4 is 54.4 Å². The molecule has 9 heteroatoms. The van der Waals surface area contributed by atoms with Gasteiger partial charge in [-0.2, -0.15) is 4.31 Å².